The number of ether oxygens (including phenoxy) is 2. The van der Waals surface area contributed by atoms with Crippen LogP contribution in [-0.2, 0) is 19.6 Å². The van der Waals surface area contributed by atoms with Crippen molar-refractivity contribution in [3.63, 3.8) is 0 Å². The Labute approximate surface area is 118 Å². The largest absolute Gasteiger partial charge is 0.454 e. The second-order valence-electron chi connectivity index (χ2n) is 4.84. The fourth-order valence-corrected chi connectivity index (χ4v) is 2.31. The molecule has 5 heteroatoms. The molecule has 0 saturated carbocycles. The molecular weight excluding hydrogens is 254 g/mol. The summed E-state index contributed by atoms with van der Waals surface area (Å²) in [6.07, 6.45) is 2.95. The maximum atomic E-state index is 5.38. The van der Waals surface area contributed by atoms with E-state index in [1.54, 1.807) is 0 Å². The number of aryl methyl sites for hydroxylation is 1. The Balaban J connectivity index is 1.56. The molecule has 0 bridgehead atoms. The molecule has 2 aromatic rings. The van der Waals surface area contributed by atoms with E-state index in [2.05, 4.69) is 29.5 Å². The zero-order chi connectivity index (χ0) is 13.8. The Morgan fingerprint density at radius 2 is 2.10 bits per heavy atom. The summed E-state index contributed by atoms with van der Waals surface area (Å²) in [6.45, 7) is 5.06. The molecule has 1 aliphatic heterocycles. The molecule has 3 rings (SSSR count). The first-order valence-corrected chi connectivity index (χ1v) is 6.96. The smallest absolute Gasteiger partial charge is 0.231 e. The van der Waals surface area contributed by atoms with Crippen LogP contribution in [0.2, 0.25) is 0 Å². The second-order valence-corrected chi connectivity index (χ2v) is 4.84. The van der Waals surface area contributed by atoms with Crippen molar-refractivity contribution < 1.29 is 9.47 Å². The van der Waals surface area contributed by atoms with Gasteiger partial charge in [-0.3, -0.25) is 4.68 Å². The number of benzene rings is 1. The van der Waals surface area contributed by atoms with Gasteiger partial charge in [-0.15, -0.1) is 0 Å². The van der Waals surface area contributed by atoms with Crippen LogP contribution in [0.4, 0.5) is 0 Å². The van der Waals surface area contributed by atoms with Gasteiger partial charge >= 0.3 is 0 Å². The van der Waals surface area contributed by atoms with Crippen molar-refractivity contribution in [3.8, 4) is 11.5 Å². The third-order valence-corrected chi connectivity index (χ3v) is 3.31. The molecule has 5 nitrogen and oxygen atoms in total. The normalized spacial score (nSPS) is 12.8. The van der Waals surface area contributed by atoms with E-state index in [1.165, 1.54) is 11.3 Å². The number of hydrogen-bond acceptors (Lipinski definition) is 4. The number of aromatic nitrogens is 2. The van der Waals surface area contributed by atoms with Crippen LogP contribution in [0.3, 0.4) is 0 Å². The highest BCUT2D eigenvalue weighted by Gasteiger charge is 2.12. The van der Waals surface area contributed by atoms with E-state index in [1.807, 2.05) is 23.0 Å². The fraction of sp³-hybridized carbons (Fsp3) is 0.400. The second kappa shape index (κ2) is 5.96. The molecule has 1 aromatic carbocycles. The highest BCUT2D eigenvalue weighted by atomic mass is 16.7. The maximum Gasteiger partial charge on any atom is 0.231 e. The van der Waals surface area contributed by atoms with Crippen LogP contribution in [0.25, 0.3) is 0 Å². The molecule has 0 aliphatic carbocycles. The predicted molar refractivity (Wildman–Crippen MR) is 75.6 cm³/mol. The van der Waals surface area contributed by atoms with E-state index in [4.69, 9.17) is 9.47 Å². The molecule has 0 spiro atoms. The molecule has 0 radical (unpaired) electrons. The zero-order valence-electron chi connectivity index (χ0n) is 11.6. The number of fused-ring (bicyclic) bond motifs is 1. The quantitative estimate of drug-likeness (QED) is 0.877. The lowest BCUT2D eigenvalue weighted by molar-refractivity contribution is 0.174. The Kier molecular flexibility index (Phi) is 3.87. The molecular formula is C15H19N3O2. The summed E-state index contributed by atoms with van der Waals surface area (Å²) in [7, 11) is 0. The molecule has 0 amide bonds. The van der Waals surface area contributed by atoms with Crippen LogP contribution in [0.15, 0.2) is 30.5 Å². The van der Waals surface area contributed by atoms with Crippen LogP contribution in [0, 0.1) is 0 Å². The Hall–Kier alpha value is -2.01. The van der Waals surface area contributed by atoms with Crippen molar-refractivity contribution in [2.45, 2.75) is 33.0 Å². The summed E-state index contributed by atoms with van der Waals surface area (Å²) in [6, 6.07) is 8.10. The third kappa shape index (κ3) is 2.77. The monoisotopic (exact) mass is 273 g/mol. The van der Waals surface area contributed by atoms with Crippen molar-refractivity contribution in [1.82, 2.24) is 15.1 Å². The Morgan fingerprint density at radius 3 is 3.00 bits per heavy atom. The summed E-state index contributed by atoms with van der Waals surface area (Å²) in [5.41, 5.74) is 2.41. The lowest BCUT2D eigenvalue weighted by atomic mass is 10.2. The van der Waals surface area contributed by atoms with Crippen LogP contribution < -0.4 is 14.8 Å². The number of hydrogen-bond donors (Lipinski definition) is 1. The summed E-state index contributed by atoms with van der Waals surface area (Å²) < 4.78 is 12.7. The minimum absolute atomic E-state index is 0.322. The fourth-order valence-electron chi connectivity index (χ4n) is 2.31. The van der Waals surface area contributed by atoms with Gasteiger partial charge in [-0.1, -0.05) is 13.0 Å². The van der Waals surface area contributed by atoms with E-state index < -0.39 is 0 Å². The summed E-state index contributed by atoms with van der Waals surface area (Å²) in [4.78, 5) is 0. The van der Waals surface area contributed by atoms with Gasteiger partial charge in [-0.25, -0.2) is 0 Å². The van der Waals surface area contributed by atoms with Crippen molar-refractivity contribution >= 4 is 0 Å². The highest BCUT2D eigenvalue weighted by molar-refractivity contribution is 5.44. The van der Waals surface area contributed by atoms with Gasteiger partial charge in [0.25, 0.3) is 0 Å². The van der Waals surface area contributed by atoms with Gasteiger partial charge in [0.2, 0.25) is 6.79 Å². The average Bonchev–Trinajstić information content (AvgIpc) is 3.08. The van der Waals surface area contributed by atoms with Crippen LogP contribution in [0.1, 0.15) is 24.6 Å². The molecule has 1 N–H and O–H groups in total. The summed E-state index contributed by atoms with van der Waals surface area (Å²) in [5, 5.41) is 7.76. The maximum absolute atomic E-state index is 5.38. The van der Waals surface area contributed by atoms with E-state index >= 15 is 0 Å². The Bertz CT molecular complexity index is 580. The van der Waals surface area contributed by atoms with E-state index in [-0.39, 0.29) is 0 Å². The highest BCUT2D eigenvalue weighted by Crippen LogP contribution is 2.32. The SMILES string of the molecule is CCCn1nccc1CNCc1ccc2c(c1)OCO2. The van der Waals surface area contributed by atoms with Crippen LogP contribution in [-0.4, -0.2) is 16.6 Å². The summed E-state index contributed by atoms with van der Waals surface area (Å²) >= 11 is 0. The van der Waals surface area contributed by atoms with E-state index in [0.717, 1.165) is 37.6 Å². The Morgan fingerprint density at radius 1 is 1.20 bits per heavy atom. The van der Waals surface area contributed by atoms with Crippen LogP contribution >= 0.6 is 0 Å². The number of nitrogens with one attached hydrogen (secondary N) is 1. The lowest BCUT2D eigenvalue weighted by Gasteiger charge is -2.08. The first-order valence-electron chi connectivity index (χ1n) is 6.96. The number of nitrogens with zero attached hydrogens (tertiary/aromatic N) is 2. The van der Waals surface area contributed by atoms with Crippen LogP contribution in [0.5, 0.6) is 11.5 Å². The van der Waals surface area contributed by atoms with Crippen molar-refractivity contribution in [3.05, 3.63) is 41.7 Å². The molecule has 0 unspecified atom stereocenters. The van der Waals surface area contributed by atoms with Gasteiger partial charge in [-0.2, -0.15) is 5.10 Å². The minimum Gasteiger partial charge on any atom is -0.454 e. The zero-order valence-corrected chi connectivity index (χ0v) is 11.6. The van der Waals surface area contributed by atoms with Crippen molar-refractivity contribution in [2.75, 3.05) is 6.79 Å². The third-order valence-electron chi connectivity index (χ3n) is 3.31. The molecule has 0 fully saturated rings. The van der Waals surface area contributed by atoms with Gasteiger partial charge in [0.05, 0.1) is 5.69 Å². The standard InChI is InChI=1S/C15H19N3O2/c1-2-7-18-13(5-6-17-18)10-16-9-12-3-4-14-15(8-12)20-11-19-14/h3-6,8,16H,2,7,9-11H2,1H3. The molecule has 1 aromatic heterocycles. The van der Waals surface area contributed by atoms with Gasteiger partial charge in [-0.05, 0) is 30.2 Å². The minimum atomic E-state index is 0.322. The summed E-state index contributed by atoms with van der Waals surface area (Å²) in [5.74, 6) is 1.66. The predicted octanol–water partition coefficient (Wildman–Crippen LogP) is 2.31. The van der Waals surface area contributed by atoms with Gasteiger partial charge < -0.3 is 14.8 Å². The van der Waals surface area contributed by atoms with Gasteiger partial charge in [0.15, 0.2) is 11.5 Å². The van der Waals surface area contributed by atoms with Crippen molar-refractivity contribution in [1.29, 1.82) is 0 Å². The lowest BCUT2D eigenvalue weighted by Crippen LogP contribution is -2.16. The first-order chi connectivity index (χ1) is 9.86. The van der Waals surface area contributed by atoms with E-state index in [0.29, 0.717) is 6.79 Å². The number of rotatable bonds is 6. The van der Waals surface area contributed by atoms with Gasteiger partial charge in [0, 0.05) is 25.8 Å². The van der Waals surface area contributed by atoms with Gasteiger partial charge in [0.1, 0.15) is 0 Å². The average molecular weight is 273 g/mol. The first kappa shape index (κ1) is 13.0. The molecule has 0 saturated heterocycles. The molecule has 106 valence electrons. The molecule has 2 heterocycles. The topological polar surface area (TPSA) is 48.3 Å². The molecule has 1 aliphatic rings. The van der Waals surface area contributed by atoms with E-state index in [9.17, 15) is 0 Å². The molecule has 20 heavy (non-hydrogen) atoms. The molecule has 0 atom stereocenters. The van der Waals surface area contributed by atoms with Crippen molar-refractivity contribution in [2.24, 2.45) is 0 Å².